The molecule has 0 aliphatic carbocycles. The average molecular weight is 210 g/mol. The molecule has 0 N–H and O–H groups in total. The molecule has 2 heteroatoms. The van der Waals surface area contributed by atoms with Gasteiger partial charge in [0.25, 0.3) is 0 Å². The summed E-state index contributed by atoms with van der Waals surface area (Å²) in [6.45, 7) is 0. The van der Waals surface area contributed by atoms with Crippen molar-refractivity contribution in [3.05, 3.63) is 22.1 Å². The second-order valence-corrected chi connectivity index (χ2v) is 7.70. The summed E-state index contributed by atoms with van der Waals surface area (Å²) in [5, 5.41) is 0. The van der Waals surface area contributed by atoms with Crippen molar-refractivity contribution in [2.24, 2.45) is 0 Å². The molecule has 0 spiro atoms. The first-order valence-corrected chi connectivity index (χ1v) is 7.95. The van der Waals surface area contributed by atoms with E-state index in [0.29, 0.717) is 0 Å². The van der Waals surface area contributed by atoms with Crippen LogP contribution in [-0.2, 0) is 0 Å². The van der Waals surface area contributed by atoms with E-state index in [0.717, 1.165) is 0 Å². The maximum atomic E-state index is 3.09. The van der Waals surface area contributed by atoms with E-state index in [-0.39, 0.29) is 0 Å². The van der Waals surface area contributed by atoms with Gasteiger partial charge in [-0.3, -0.25) is 0 Å². The quantitative estimate of drug-likeness (QED) is 0.506. The molecule has 1 aliphatic rings. The van der Waals surface area contributed by atoms with Crippen LogP contribution in [0.4, 0.5) is 0 Å². The molecule has 6 heavy (non-hydrogen) atoms. The molecule has 0 amide bonds. The molecule has 0 nitrogen and oxygen atoms in total. The molecule has 0 aromatic carbocycles. The second kappa shape index (κ2) is 1.99. The Kier molecular flexibility index (Phi) is 1.55. The van der Waals surface area contributed by atoms with Crippen molar-refractivity contribution in [2.75, 3.05) is 0 Å². The van der Waals surface area contributed by atoms with E-state index in [4.69, 9.17) is 0 Å². The van der Waals surface area contributed by atoms with Gasteiger partial charge in [0.15, 0.2) is 0 Å². The zero-order valence-electron chi connectivity index (χ0n) is 3.13. The molecule has 0 aromatic heterocycles. The molecular weight excluding hydrogens is 206 g/mol. The summed E-state index contributed by atoms with van der Waals surface area (Å²) >= 11 is 2.66. The van der Waals surface area contributed by atoms with Crippen molar-refractivity contribution in [1.82, 2.24) is 0 Å². The third kappa shape index (κ3) is 0.990. The zero-order chi connectivity index (χ0) is 4.41. The molecule has 0 bridgehead atoms. The molecule has 0 fully saturated rings. The number of rotatable bonds is 0. The van der Waals surface area contributed by atoms with Crippen LogP contribution in [0.5, 0.6) is 0 Å². The van der Waals surface area contributed by atoms with Gasteiger partial charge in [-0.2, -0.15) is 0 Å². The SMILES string of the molecule is [Se]=[Se]1C=CC=C1. The predicted octanol–water partition coefficient (Wildman–Crippen LogP) is 0.351. The standard InChI is InChI=1S/C4H4Se2/c5-6-3-1-2-4-6/h1-4H. The summed E-state index contributed by atoms with van der Waals surface area (Å²) in [6, 6.07) is 0. The van der Waals surface area contributed by atoms with Crippen molar-refractivity contribution >= 4 is 25.2 Å². The van der Waals surface area contributed by atoms with Crippen LogP contribution in [0.15, 0.2) is 22.1 Å². The van der Waals surface area contributed by atoms with E-state index in [1.54, 1.807) is 0 Å². The Labute approximate surface area is 47.5 Å². The topological polar surface area (TPSA) is 0 Å². The van der Waals surface area contributed by atoms with E-state index < -0.39 is 11.5 Å². The molecule has 32 valence electrons. The summed E-state index contributed by atoms with van der Waals surface area (Å²) in [6.07, 6.45) is 4.20. The van der Waals surface area contributed by atoms with Crippen LogP contribution in [0.3, 0.4) is 0 Å². The first-order valence-electron chi connectivity index (χ1n) is 1.64. The van der Waals surface area contributed by atoms with Gasteiger partial charge < -0.3 is 0 Å². The van der Waals surface area contributed by atoms with E-state index >= 15 is 0 Å². The Morgan fingerprint density at radius 3 is 1.83 bits per heavy atom. The van der Waals surface area contributed by atoms with Gasteiger partial charge >= 0.3 is 47.3 Å². The fourth-order valence-electron chi connectivity index (χ4n) is 0.291. The Hall–Kier alpha value is 0.519. The third-order valence-electron chi connectivity index (χ3n) is 0.536. The molecule has 0 aromatic rings. The molecule has 0 saturated carbocycles. The molecule has 0 unspecified atom stereocenters. The van der Waals surface area contributed by atoms with Crippen LogP contribution in [-0.4, -0.2) is 25.2 Å². The monoisotopic (exact) mass is 212 g/mol. The van der Waals surface area contributed by atoms with Crippen molar-refractivity contribution in [3.63, 3.8) is 0 Å². The Morgan fingerprint density at radius 1 is 1.17 bits per heavy atom. The molecule has 0 saturated heterocycles. The Balaban J connectivity index is 2.86. The van der Waals surface area contributed by atoms with Crippen molar-refractivity contribution < 1.29 is 0 Å². The first-order chi connectivity index (χ1) is 2.89. The van der Waals surface area contributed by atoms with E-state index in [1.807, 2.05) is 0 Å². The summed E-state index contributed by atoms with van der Waals surface area (Å²) in [5.41, 5.74) is 0. The van der Waals surface area contributed by atoms with Gasteiger partial charge in [0.05, 0.1) is 0 Å². The van der Waals surface area contributed by atoms with Gasteiger partial charge in [-0.15, -0.1) is 0 Å². The van der Waals surface area contributed by atoms with Crippen LogP contribution >= 0.6 is 0 Å². The fourth-order valence-corrected chi connectivity index (χ4v) is 2.91. The average Bonchev–Trinajstić information content (AvgIpc) is 1.86. The van der Waals surface area contributed by atoms with E-state index in [9.17, 15) is 0 Å². The first kappa shape index (κ1) is 4.67. The third-order valence-corrected chi connectivity index (χ3v) is 4.74. The minimum atomic E-state index is -0.426. The summed E-state index contributed by atoms with van der Waals surface area (Å²) in [4.78, 5) is 4.47. The zero-order valence-corrected chi connectivity index (χ0v) is 6.55. The summed E-state index contributed by atoms with van der Waals surface area (Å²) in [5.74, 6) is 0. The number of hydrogen-bond donors (Lipinski definition) is 0. The molecule has 1 aliphatic heterocycles. The van der Waals surface area contributed by atoms with Gasteiger partial charge in [-0.05, 0) is 0 Å². The fraction of sp³-hybridized carbons (Fsp3) is 0. The van der Waals surface area contributed by atoms with Crippen LogP contribution in [0.2, 0.25) is 0 Å². The predicted molar refractivity (Wildman–Crippen MR) is 29.8 cm³/mol. The van der Waals surface area contributed by atoms with Crippen LogP contribution in [0.25, 0.3) is 0 Å². The van der Waals surface area contributed by atoms with Gasteiger partial charge in [0.1, 0.15) is 0 Å². The van der Waals surface area contributed by atoms with Crippen LogP contribution < -0.4 is 0 Å². The molecule has 1 rings (SSSR count). The summed E-state index contributed by atoms with van der Waals surface area (Å²) < 4.78 is 0. The summed E-state index contributed by atoms with van der Waals surface area (Å²) in [7, 11) is 0. The van der Waals surface area contributed by atoms with E-state index in [1.165, 1.54) is 0 Å². The van der Waals surface area contributed by atoms with Gasteiger partial charge in [-0.25, -0.2) is 0 Å². The van der Waals surface area contributed by atoms with Crippen LogP contribution in [0, 0.1) is 0 Å². The molecule has 0 radical (unpaired) electrons. The van der Waals surface area contributed by atoms with Gasteiger partial charge in [0.2, 0.25) is 0 Å². The second-order valence-electron chi connectivity index (χ2n) is 0.986. The molecular formula is C4H4Se2. The normalized spacial score (nSPS) is 20.0. The van der Waals surface area contributed by atoms with Gasteiger partial charge in [0, 0.05) is 0 Å². The van der Waals surface area contributed by atoms with Gasteiger partial charge in [-0.1, -0.05) is 0 Å². The maximum absolute atomic E-state index is 3.09. The number of hydrogen-bond acceptors (Lipinski definition) is 0. The number of allylic oxidation sites excluding steroid dienone is 2. The Bertz CT molecular complexity index is 108. The van der Waals surface area contributed by atoms with E-state index in [2.05, 4.69) is 35.8 Å². The minimum absolute atomic E-state index is 0.426. The van der Waals surface area contributed by atoms with Crippen molar-refractivity contribution in [1.29, 1.82) is 0 Å². The van der Waals surface area contributed by atoms with Crippen molar-refractivity contribution in [3.8, 4) is 0 Å². The van der Waals surface area contributed by atoms with Crippen molar-refractivity contribution in [2.45, 2.75) is 0 Å². The molecule has 1 heterocycles. The Morgan fingerprint density at radius 2 is 1.67 bits per heavy atom. The van der Waals surface area contributed by atoms with Crippen LogP contribution in [0.1, 0.15) is 0 Å². The molecule has 0 atom stereocenters.